The van der Waals surface area contributed by atoms with Crippen molar-refractivity contribution in [2.75, 3.05) is 0 Å². The van der Waals surface area contributed by atoms with Gasteiger partial charge in [0.25, 0.3) is 0 Å². The van der Waals surface area contributed by atoms with Crippen LogP contribution < -0.4 is 0 Å². The fraction of sp³-hybridized carbons (Fsp3) is 0.630. The predicted octanol–water partition coefficient (Wildman–Crippen LogP) is 7.11. The summed E-state index contributed by atoms with van der Waals surface area (Å²) in [6.07, 6.45) is 9.96. The van der Waals surface area contributed by atoms with E-state index < -0.39 is 28.6 Å². The summed E-state index contributed by atoms with van der Waals surface area (Å²) in [5.74, 6) is -2.45. The summed E-state index contributed by atoms with van der Waals surface area (Å²) in [5, 5.41) is 39.4. The summed E-state index contributed by atoms with van der Waals surface area (Å²) in [4.78, 5) is 0. The van der Waals surface area contributed by atoms with Gasteiger partial charge in [-0.1, -0.05) is 99.7 Å². The van der Waals surface area contributed by atoms with Crippen molar-refractivity contribution in [1.29, 1.82) is 21.2 Å². The highest BCUT2D eigenvalue weighted by Gasteiger charge is 2.79. The first-order valence-corrected chi connectivity index (χ1v) is 13.1. The number of nitriles is 3. The second-order valence-corrected chi connectivity index (χ2v) is 10.4. The van der Waals surface area contributed by atoms with Gasteiger partial charge in [0.15, 0.2) is 10.8 Å². The van der Waals surface area contributed by atoms with E-state index in [0.29, 0.717) is 12.0 Å². The Bertz CT molecular complexity index is 991. The van der Waals surface area contributed by atoms with Crippen molar-refractivity contribution in [3.8, 4) is 18.2 Å². The van der Waals surface area contributed by atoms with Crippen molar-refractivity contribution in [3.05, 3.63) is 34.3 Å². The molecule has 4 unspecified atom stereocenters. The van der Waals surface area contributed by atoms with Crippen LogP contribution in [-0.2, 0) is 15.3 Å². The summed E-state index contributed by atoms with van der Waals surface area (Å²) < 4.78 is 13.4. The molecule has 2 bridgehead atoms. The monoisotopic (exact) mass is 524 g/mol. The van der Waals surface area contributed by atoms with Crippen molar-refractivity contribution in [1.82, 2.24) is 0 Å². The number of halogens is 1. The van der Waals surface area contributed by atoms with Crippen LogP contribution in [0, 0.1) is 56.2 Å². The molecule has 4 atom stereocenters. The lowest BCUT2D eigenvalue weighted by Crippen LogP contribution is -2.60. The van der Waals surface area contributed by atoms with Crippen LogP contribution >= 0.6 is 15.9 Å². The van der Waals surface area contributed by atoms with Crippen LogP contribution in [0.3, 0.4) is 0 Å². The summed E-state index contributed by atoms with van der Waals surface area (Å²) in [5.41, 5.74) is -2.84. The Kier molecular flexibility index (Phi) is 8.40. The number of hydrogen-bond donors (Lipinski definition) is 1. The van der Waals surface area contributed by atoms with E-state index in [0.717, 1.165) is 23.7 Å². The number of unbranched alkanes of at least 4 members (excludes halogenated alkanes) is 8. The molecule has 2 fully saturated rings. The maximum absolute atomic E-state index is 10.3. The Morgan fingerprint density at radius 3 is 2.00 bits per heavy atom. The fourth-order valence-electron chi connectivity index (χ4n) is 5.56. The molecule has 0 saturated carbocycles. The molecule has 0 radical (unpaired) electrons. The molecule has 1 aromatic rings. The molecule has 2 aliphatic heterocycles. The summed E-state index contributed by atoms with van der Waals surface area (Å²) in [6, 6.07) is 13.8. The molecule has 180 valence electrons. The third-order valence-electron chi connectivity index (χ3n) is 7.60. The van der Waals surface area contributed by atoms with Crippen LogP contribution in [0.15, 0.2) is 28.7 Å². The van der Waals surface area contributed by atoms with Gasteiger partial charge < -0.3 is 9.47 Å². The molecule has 6 nitrogen and oxygen atoms in total. The fourth-order valence-corrected chi connectivity index (χ4v) is 5.82. The van der Waals surface area contributed by atoms with Crippen molar-refractivity contribution >= 4 is 21.8 Å². The average Bonchev–Trinajstić information content (AvgIpc) is 3.00. The number of nitrogens with one attached hydrogen (secondary N) is 1. The molecular formula is C27H33BrN4O2. The third-order valence-corrected chi connectivity index (χ3v) is 8.13. The number of hydrogen-bond acceptors (Lipinski definition) is 6. The molecular weight excluding hydrogens is 492 g/mol. The lowest BCUT2D eigenvalue weighted by atomic mass is 9.53. The van der Waals surface area contributed by atoms with E-state index in [1.165, 1.54) is 38.5 Å². The Labute approximate surface area is 211 Å². The number of fused-ring (bicyclic) bond motifs is 2. The highest BCUT2D eigenvalue weighted by Crippen LogP contribution is 2.66. The van der Waals surface area contributed by atoms with E-state index in [1.807, 2.05) is 24.3 Å². The van der Waals surface area contributed by atoms with Gasteiger partial charge in [-0.2, -0.15) is 15.8 Å². The summed E-state index contributed by atoms with van der Waals surface area (Å²) >= 11 is 3.43. The van der Waals surface area contributed by atoms with Gasteiger partial charge in [-0.05, 0) is 18.6 Å². The summed E-state index contributed by atoms with van der Waals surface area (Å²) in [7, 11) is 0. The first kappa shape index (κ1) is 26.2. The first-order valence-electron chi connectivity index (χ1n) is 12.3. The number of nitrogens with zero attached hydrogens (tertiary/aromatic N) is 3. The van der Waals surface area contributed by atoms with E-state index in [2.05, 4.69) is 41.1 Å². The van der Waals surface area contributed by atoms with Gasteiger partial charge in [-0.3, -0.25) is 5.41 Å². The lowest BCUT2D eigenvalue weighted by Gasteiger charge is -2.48. The molecule has 1 aromatic carbocycles. The molecule has 34 heavy (non-hydrogen) atoms. The summed E-state index contributed by atoms with van der Waals surface area (Å²) in [6.45, 7) is 3.96. The maximum atomic E-state index is 10.3. The first-order chi connectivity index (χ1) is 16.4. The van der Waals surface area contributed by atoms with Crippen LogP contribution in [0.1, 0.15) is 83.6 Å². The minimum atomic E-state index is -1.81. The molecule has 2 heterocycles. The second kappa shape index (κ2) is 10.9. The predicted molar refractivity (Wildman–Crippen MR) is 132 cm³/mol. The quantitative estimate of drug-likeness (QED) is 0.309. The SMILES string of the molecule is CCCCCCCCCCCC1OC2(c3ccc(Br)cc3)OC(=N)C(C#N)(C2C)C1(C#N)C#N. The Morgan fingerprint density at radius 1 is 0.912 bits per heavy atom. The average molecular weight is 525 g/mol. The molecule has 7 heteroatoms. The molecule has 0 aliphatic carbocycles. The maximum Gasteiger partial charge on any atom is 0.243 e. The molecule has 3 rings (SSSR count). The van der Waals surface area contributed by atoms with Gasteiger partial charge in [0, 0.05) is 10.0 Å². The molecule has 2 saturated heterocycles. The van der Waals surface area contributed by atoms with Gasteiger partial charge >= 0.3 is 0 Å². The van der Waals surface area contributed by atoms with Crippen LogP contribution in [0.4, 0.5) is 0 Å². The van der Waals surface area contributed by atoms with Gasteiger partial charge in [0.05, 0.1) is 30.2 Å². The van der Waals surface area contributed by atoms with Gasteiger partial charge in [0.2, 0.25) is 11.7 Å². The zero-order valence-electron chi connectivity index (χ0n) is 20.1. The van der Waals surface area contributed by atoms with E-state index >= 15 is 0 Å². The normalized spacial score (nSPS) is 29.0. The van der Waals surface area contributed by atoms with Gasteiger partial charge in [0.1, 0.15) is 0 Å². The molecule has 0 amide bonds. The second-order valence-electron chi connectivity index (χ2n) is 9.50. The highest BCUT2D eigenvalue weighted by atomic mass is 79.9. The van der Waals surface area contributed by atoms with Crippen LogP contribution in [0.25, 0.3) is 0 Å². The molecule has 0 aromatic heterocycles. The molecule has 2 aliphatic rings. The van der Waals surface area contributed by atoms with Crippen molar-refractivity contribution in [3.63, 3.8) is 0 Å². The minimum Gasteiger partial charge on any atom is -0.443 e. The zero-order valence-corrected chi connectivity index (χ0v) is 21.7. The smallest absolute Gasteiger partial charge is 0.243 e. The van der Waals surface area contributed by atoms with Gasteiger partial charge in [-0.25, -0.2) is 0 Å². The number of ether oxygens (including phenoxy) is 2. The topological polar surface area (TPSA) is 114 Å². The third kappa shape index (κ3) is 4.13. The molecule has 0 spiro atoms. The van der Waals surface area contributed by atoms with E-state index in [4.69, 9.17) is 14.9 Å². The number of benzene rings is 1. The van der Waals surface area contributed by atoms with Crippen LogP contribution in [-0.4, -0.2) is 12.0 Å². The van der Waals surface area contributed by atoms with E-state index in [-0.39, 0.29) is 5.90 Å². The number of rotatable bonds is 11. The van der Waals surface area contributed by atoms with E-state index in [9.17, 15) is 15.8 Å². The van der Waals surface area contributed by atoms with Crippen molar-refractivity contribution < 1.29 is 9.47 Å². The lowest BCUT2D eigenvalue weighted by molar-refractivity contribution is -0.286. The Hall–Kier alpha value is -2.40. The van der Waals surface area contributed by atoms with Gasteiger partial charge in [-0.15, -0.1) is 0 Å². The van der Waals surface area contributed by atoms with Crippen LogP contribution in [0.5, 0.6) is 0 Å². The van der Waals surface area contributed by atoms with E-state index in [1.54, 1.807) is 6.92 Å². The minimum absolute atomic E-state index is 0.358. The van der Waals surface area contributed by atoms with Crippen molar-refractivity contribution in [2.45, 2.75) is 89.9 Å². The van der Waals surface area contributed by atoms with Crippen LogP contribution in [0.2, 0.25) is 0 Å². The molecule has 1 N–H and O–H groups in total. The Balaban J connectivity index is 1.82. The Morgan fingerprint density at radius 2 is 1.47 bits per heavy atom. The van der Waals surface area contributed by atoms with Crippen molar-refractivity contribution in [2.24, 2.45) is 16.7 Å². The standard InChI is InChI=1S/C27H33BrN4O2/c1-3-4-5-6-7-8-9-10-11-12-23-25(17-29,18-30)26(19-31)20(2)27(33-23,34-24(26)32)21-13-15-22(28)16-14-21/h13-16,20,23,32H,3-12H2,1-2H3. The zero-order chi connectivity index (χ0) is 24.8. The largest absolute Gasteiger partial charge is 0.443 e. The highest BCUT2D eigenvalue weighted by molar-refractivity contribution is 9.10.